The van der Waals surface area contributed by atoms with Gasteiger partial charge in [0.25, 0.3) is 0 Å². The zero-order valence-corrected chi connectivity index (χ0v) is 12.5. The van der Waals surface area contributed by atoms with Crippen molar-refractivity contribution in [1.29, 1.82) is 0 Å². The first kappa shape index (κ1) is 13.5. The summed E-state index contributed by atoms with van der Waals surface area (Å²) in [7, 11) is 0. The van der Waals surface area contributed by atoms with E-state index in [4.69, 9.17) is 9.15 Å². The summed E-state index contributed by atoms with van der Waals surface area (Å²) in [5, 5.41) is 7.63. The lowest BCUT2D eigenvalue weighted by molar-refractivity contribution is 0.340. The van der Waals surface area contributed by atoms with Crippen molar-refractivity contribution in [3.63, 3.8) is 0 Å². The number of nitrogens with zero attached hydrogens (tertiary/aromatic N) is 4. The van der Waals surface area contributed by atoms with E-state index in [1.165, 1.54) is 0 Å². The molecule has 2 aromatic heterocycles. The summed E-state index contributed by atoms with van der Waals surface area (Å²) in [5.74, 6) is 1.37. The molecule has 6 nitrogen and oxygen atoms in total. The first-order valence-corrected chi connectivity index (χ1v) is 7.32. The summed E-state index contributed by atoms with van der Waals surface area (Å²) in [5.41, 5.74) is 3.34. The second kappa shape index (κ2) is 5.57. The van der Waals surface area contributed by atoms with E-state index in [1.54, 1.807) is 12.7 Å². The summed E-state index contributed by atoms with van der Waals surface area (Å²) in [6.45, 7) is 2.58. The van der Waals surface area contributed by atoms with Crippen molar-refractivity contribution in [1.82, 2.24) is 19.7 Å². The maximum Gasteiger partial charge on any atom is 0.227 e. The van der Waals surface area contributed by atoms with E-state index in [0.29, 0.717) is 12.5 Å². The topological polar surface area (TPSA) is 66.0 Å². The van der Waals surface area contributed by atoms with Crippen LogP contribution in [0.25, 0.3) is 28.2 Å². The Morgan fingerprint density at radius 3 is 2.78 bits per heavy atom. The van der Waals surface area contributed by atoms with Gasteiger partial charge in [0.1, 0.15) is 23.9 Å². The molecule has 4 aromatic rings. The van der Waals surface area contributed by atoms with Crippen molar-refractivity contribution in [3.05, 3.63) is 55.1 Å². The van der Waals surface area contributed by atoms with Gasteiger partial charge in [-0.2, -0.15) is 0 Å². The molecule has 0 atom stereocenters. The zero-order chi connectivity index (χ0) is 15.6. The van der Waals surface area contributed by atoms with E-state index < -0.39 is 0 Å². The number of aromatic nitrogens is 4. The fourth-order valence-electron chi connectivity index (χ4n) is 2.42. The van der Waals surface area contributed by atoms with E-state index in [0.717, 1.165) is 28.1 Å². The fraction of sp³-hybridized carbons (Fsp3) is 0.118. The Kier molecular flexibility index (Phi) is 3.27. The Labute approximate surface area is 132 Å². The molecule has 0 aliphatic heterocycles. The second-order valence-electron chi connectivity index (χ2n) is 5.00. The molecule has 0 spiro atoms. The summed E-state index contributed by atoms with van der Waals surface area (Å²) in [6.07, 6.45) is 3.29. The molecule has 0 aliphatic carbocycles. The van der Waals surface area contributed by atoms with Gasteiger partial charge in [-0.15, -0.1) is 10.2 Å². The van der Waals surface area contributed by atoms with E-state index in [9.17, 15) is 0 Å². The first-order chi connectivity index (χ1) is 11.3. The SMILES string of the molecule is CCOc1cccc(-c2nc3cc(-n4cnnc4)ccc3o2)c1. The van der Waals surface area contributed by atoms with Crippen LogP contribution in [0.1, 0.15) is 6.92 Å². The quantitative estimate of drug-likeness (QED) is 0.577. The maximum atomic E-state index is 5.85. The largest absolute Gasteiger partial charge is 0.494 e. The van der Waals surface area contributed by atoms with E-state index in [1.807, 2.05) is 54.0 Å². The minimum atomic E-state index is 0.572. The van der Waals surface area contributed by atoms with Crippen molar-refractivity contribution in [2.24, 2.45) is 0 Å². The van der Waals surface area contributed by atoms with Crippen LogP contribution in [0.3, 0.4) is 0 Å². The Bertz CT molecular complexity index is 944. The Hall–Kier alpha value is -3.15. The zero-order valence-electron chi connectivity index (χ0n) is 12.5. The molecule has 0 saturated carbocycles. The van der Waals surface area contributed by atoms with E-state index in [2.05, 4.69) is 15.2 Å². The lowest BCUT2D eigenvalue weighted by atomic mass is 10.2. The molecule has 4 rings (SSSR count). The molecular weight excluding hydrogens is 292 g/mol. The molecule has 2 heterocycles. The molecule has 0 unspecified atom stereocenters. The number of benzene rings is 2. The van der Waals surface area contributed by atoms with Gasteiger partial charge in [-0.1, -0.05) is 6.07 Å². The van der Waals surface area contributed by atoms with Gasteiger partial charge < -0.3 is 9.15 Å². The van der Waals surface area contributed by atoms with Crippen molar-refractivity contribution in [3.8, 4) is 22.9 Å². The summed E-state index contributed by atoms with van der Waals surface area (Å²) in [6, 6.07) is 13.5. The normalized spacial score (nSPS) is 11.0. The molecule has 0 aliphatic rings. The highest BCUT2D eigenvalue weighted by Crippen LogP contribution is 2.28. The lowest BCUT2D eigenvalue weighted by Crippen LogP contribution is -1.91. The van der Waals surface area contributed by atoms with Crippen LogP contribution in [0.2, 0.25) is 0 Å². The number of ether oxygens (including phenoxy) is 1. The third-order valence-electron chi connectivity index (χ3n) is 3.48. The molecule has 0 fully saturated rings. The minimum Gasteiger partial charge on any atom is -0.494 e. The standard InChI is InChI=1S/C17H14N4O2/c1-2-22-14-5-3-4-12(8-14)17-20-15-9-13(6-7-16(15)23-17)21-10-18-19-11-21/h3-11H,2H2,1H3. The molecule has 2 aromatic carbocycles. The molecule has 0 bridgehead atoms. The van der Waals surface area contributed by atoms with Crippen LogP contribution in [0, 0.1) is 0 Å². The molecule has 23 heavy (non-hydrogen) atoms. The molecule has 114 valence electrons. The van der Waals surface area contributed by atoms with Crippen LogP contribution < -0.4 is 4.74 Å². The second-order valence-corrected chi connectivity index (χ2v) is 5.00. The van der Waals surface area contributed by atoms with E-state index in [-0.39, 0.29) is 0 Å². The number of fused-ring (bicyclic) bond motifs is 1. The van der Waals surface area contributed by atoms with Crippen molar-refractivity contribution in [2.75, 3.05) is 6.61 Å². The average Bonchev–Trinajstić information content (AvgIpc) is 3.24. The van der Waals surface area contributed by atoms with Crippen LogP contribution in [0.5, 0.6) is 5.75 Å². The average molecular weight is 306 g/mol. The smallest absolute Gasteiger partial charge is 0.227 e. The molecule has 0 N–H and O–H groups in total. The van der Waals surface area contributed by atoms with Gasteiger partial charge in [-0.25, -0.2) is 4.98 Å². The van der Waals surface area contributed by atoms with Crippen LogP contribution >= 0.6 is 0 Å². The Balaban J connectivity index is 1.75. The first-order valence-electron chi connectivity index (χ1n) is 7.32. The number of hydrogen-bond acceptors (Lipinski definition) is 5. The van der Waals surface area contributed by atoms with Gasteiger partial charge in [0.15, 0.2) is 5.58 Å². The third kappa shape index (κ3) is 2.55. The lowest BCUT2D eigenvalue weighted by Gasteiger charge is -2.03. The highest BCUT2D eigenvalue weighted by atomic mass is 16.5. The van der Waals surface area contributed by atoms with Gasteiger partial charge in [0.05, 0.1) is 12.3 Å². The van der Waals surface area contributed by atoms with Crippen LogP contribution in [-0.4, -0.2) is 26.4 Å². The number of oxazole rings is 1. The van der Waals surface area contributed by atoms with Crippen LogP contribution in [-0.2, 0) is 0 Å². The van der Waals surface area contributed by atoms with Crippen molar-refractivity contribution < 1.29 is 9.15 Å². The highest BCUT2D eigenvalue weighted by Gasteiger charge is 2.10. The summed E-state index contributed by atoms with van der Waals surface area (Å²) < 4.78 is 13.2. The molecule has 0 amide bonds. The minimum absolute atomic E-state index is 0.572. The highest BCUT2D eigenvalue weighted by molar-refractivity contribution is 5.78. The fourth-order valence-corrected chi connectivity index (χ4v) is 2.42. The van der Waals surface area contributed by atoms with Crippen LogP contribution in [0.15, 0.2) is 59.5 Å². The van der Waals surface area contributed by atoms with Gasteiger partial charge in [-0.3, -0.25) is 4.57 Å². The molecule has 0 saturated heterocycles. The monoisotopic (exact) mass is 306 g/mol. The third-order valence-corrected chi connectivity index (χ3v) is 3.48. The number of rotatable bonds is 4. The van der Waals surface area contributed by atoms with Gasteiger partial charge in [0.2, 0.25) is 5.89 Å². The Morgan fingerprint density at radius 1 is 1.09 bits per heavy atom. The van der Waals surface area contributed by atoms with Gasteiger partial charge in [0, 0.05) is 5.56 Å². The van der Waals surface area contributed by atoms with Crippen molar-refractivity contribution in [2.45, 2.75) is 6.92 Å². The Morgan fingerprint density at radius 2 is 1.96 bits per heavy atom. The predicted molar refractivity (Wildman–Crippen MR) is 85.5 cm³/mol. The maximum absolute atomic E-state index is 5.85. The summed E-state index contributed by atoms with van der Waals surface area (Å²) >= 11 is 0. The molecule has 0 radical (unpaired) electrons. The van der Waals surface area contributed by atoms with Crippen LogP contribution in [0.4, 0.5) is 0 Å². The molecular formula is C17H14N4O2. The van der Waals surface area contributed by atoms with E-state index >= 15 is 0 Å². The van der Waals surface area contributed by atoms with Gasteiger partial charge in [-0.05, 0) is 43.3 Å². The molecule has 6 heteroatoms. The number of hydrogen-bond donors (Lipinski definition) is 0. The predicted octanol–water partition coefficient (Wildman–Crippen LogP) is 3.47. The van der Waals surface area contributed by atoms with Gasteiger partial charge >= 0.3 is 0 Å². The van der Waals surface area contributed by atoms with Crippen molar-refractivity contribution >= 4 is 11.1 Å². The summed E-state index contributed by atoms with van der Waals surface area (Å²) in [4.78, 5) is 4.58.